The number of nitrogens with one attached hydrogen (secondary N) is 1. The molecule has 0 unspecified atom stereocenters. The summed E-state index contributed by atoms with van der Waals surface area (Å²) in [7, 11) is 0. The zero-order valence-corrected chi connectivity index (χ0v) is 15.0. The molecule has 22 heavy (non-hydrogen) atoms. The number of hydrogen-bond acceptors (Lipinski definition) is 3. The van der Waals surface area contributed by atoms with E-state index < -0.39 is 0 Å². The molecule has 0 saturated carbocycles. The second kappa shape index (κ2) is 7.31. The summed E-state index contributed by atoms with van der Waals surface area (Å²) in [4.78, 5) is 3.98. The molecule has 2 heterocycles. The molecule has 1 fully saturated rings. The molecule has 1 aliphatic rings. The minimum Gasteiger partial charge on any atom is -0.317 e. The first kappa shape index (κ1) is 16.3. The number of halogens is 1. The van der Waals surface area contributed by atoms with Gasteiger partial charge in [0.1, 0.15) is 0 Å². The van der Waals surface area contributed by atoms with Gasteiger partial charge in [0.2, 0.25) is 0 Å². The minimum absolute atomic E-state index is 0.683. The van der Waals surface area contributed by atoms with Crippen molar-refractivity contribution in [1.29, 1.82) is 0 Å². The molecule has 120 valence electrons. The number of fused-ring (bicyclic) bond motifs is 1. The number of nitrogens with zero attached hydrogens (tertiary/aromatic N) is 1. The van der Waals surface area contributed by atoms with Crippen LogP contribution in [0.1, 0.15) is 31.6 Å². The van der Waals surface area contributed by atoms with Crippen molar-refractivity contribution in [3.8, 4) is 0 Å². The predicted molar refractivity (Wildman–Crippen MR) is 98.0 cm³/mol. The molecular formula is C18H25ClN2S. The van der Waals surface area contributed by atoms with Gasteiger partial charge in [-0.25, -0.2) is 0 Å². The molecule has 0 spiro atoms. The summed E-state index contributed by atoms with van der Waals surface area (Å²) in [5, 5.41) is 5.64. The van der Waals surface area contributed by atoms with Crippen LogP contribution in [0.25, 0.3) is 10.1 Å². The van der Waals surface area contributed by atoms with Crippen LogP contribution < -0.4 is 5.32 Å². The van der Waals surface area contributed by atoms with Crippen molar-refractivity contribution in [2.75, 3.05) is 19.6 Å². The van der Waals surface area contributed by atoms with Crippen molar-refractivity contribution >= 4 is 33.0 Å². The molecular weight excluding hydrogens is 312 g/mol. The maximum Gasteiger partial charge on any atom is 0.0637 e. The fourth-order valence-electron chi connectivity index (χ4n) is 3.33. The van der Waals surface area contributed by atoms with Crippen LogP contribution in [-0.4, -0.2) is 30.6 Å². The second-order valence-electron chi connectivity index (χ2n) is 6.64. The molecule has 1 aliphatic heterocycles. The van der Waals surface area contributed by atoms with Crippen LogP contribution in [0.3, 0.4) is 0 Å². The molecule has 1 aromatic carbocycles. The lowest BCUT2D eigenvalue weighted by atomic mass is 10.0. The van der Waals surface area contributed by atoms with Crippen LogP contribution in [0, 0.1) is 5.92 Å². The molecule has 1 saturated heterocycles. The topological polar surface area (TPSA) is 15.3 Å². The first-order chi connectivity index (χ1) is 10.6. The van der Waals surface area contributed by atoms with Gasteiger partial charge in [-0.2, -0.15) is 0 Å². The van der Waals surface area contributed by atoms with Crippen LogP contribution in [0.15, 0.2) is 24.3 Å². The summed E-state index contributed by atoms with van der Waals surface area (Å²) < 4.78 is 1.30. The number of benzene rings is 1. The van der Waals surface area contributed by atoms with Crippen molar-refractivity contribution in [2.45, 2.75) is 39.3 Å². The van der Waals surface area contributed by atoms with Gasteiger partial charge in [0.25, 0.3) is 0 Å². The van der Waals surface area contributed by atoms with Crippen molar-refractivity contribution in [3.63, 3.8) is 0 Å². The fourth-order valence-corrected chi connectivity index (χ4v) is 4.85. The average molecular weight is 337 g/mol. The van der Waals surface area contributed by atoms with E-state index in [1.165, 1.54) is 27.8 Å². The number of rotatable bonds is 5. The molecule has 3 rings (SSSR count). The Labute approximate surface area is 142 Å². The molecule has 0 bridgehead atoms. The van der Waals surface area contributed by atoms with E-state index >= 15 is 0 Å². The Morgan fingerprint density at radius 1 is 1.27 bits per heavy atom. The molecule has 0 atom stereocenters. The molecule has 2 aromatic rings. The third-order valence-electron chi connectivity index (χ3n) is 4.37. The Morgan fingerprint density at radius 3 is 2.68 bits per heavy atom. The van der Waals surface area contributed by atoms with Gasteiger partial charge >= 0.3 is 0 Å². The van der Waals surface area contributed by atoms with E-state index in [1.807, 2.05) is 11.3 Å². The SMILES string of the molecule is CC(C)CN(Cc1sc2ccccc2c1Cl)C1CCNCC1. The first-order valence-corrected chi connectivity index (χ1v) is 9.45. The summed E-state index contributed by atoms with van der Waals surface area (Å²) in [5.41, 5.74) is 0. The predicted octanol–water partition coefficient (Wildman–Crippen LogP) is 4.76. The van der Waals surface area contributed by atoms with Gasteiger partial charge in [0.05, 0.1) is 5.02 Å². The number of hydrogen-bond donors (Lipinski definition) is 1. The van der Waals surface area contributed by atoms with Crippen LogP contribution in [-0.2, 0) is 6.54 Å². The standard InChI is InChI=1S/C18H25ClN2S/c1-13(2)11-21(14-7-9-20-10-8-14)12-17-18(19)15-5-3-4-6-16(15)22-17/h3-6,13-14,20H,7-12H2,1-2H3. The smallest absolute Gasteiger partial charge is 0.0637 e. The third kappa shape index (κ3) is 3.65. The number of thiophene rings is 1. The number of piperidine rings is 1. The molecule has 4 heteroatoms. The van der Waals surface area contributed by atoms with E-state index in [1.54, 1.807) is 0 Å². The highest BCUT2D eigenvalue weighted by molar-refractivity contribution is 7.19. The highest BCUT2D eigenvalue weighted by Gasteiger charge is 2.23. The quantitative estimate of drug-likeness (QED) is 0.846. The van der Waals surface area contributed by atoms with Crippen molar-refractivity contribution in [3.05, 3.63) is 34.2 Å². The average Bonchev–Trinajstić information content (AvgIpc) is 2.84. The van der Waals surface area contributed by atoms with Crippen molar-refractivity contribution in [2.24, 2.45) is 5.92 Å². The van der Waals surface area contributed by atoms with E-state index in [2.05, 4.69) is 48.3 Å². The first-order valence-electron chi connectivity index (χ1n) is 8.26. The summed E-state index contributed by atoms with van der Waals surface area (Å²) in [5.74, 6) is 0.683. The lowest BCUT2D eigenvalue weighted by Gasteiger charge is -2.35. The van der Waals surface area contributed by atoms with Gasteiger partial charge in [0.15, 0.2) is 0 Å². The van der Waals surface area contributed by atoms with Gasteiger partial charge < -0.3 is 5.32 Å². The third-order valence-corrected chi connectivity index (χ3v) is 6.07. The minimum atomic E-state index is 0.683. The van der Waals surface area contributed by atoms with Crippen molar-refractivity contribution < 1.29 is 0 Å². The Balaban J connectivity index is 1.82. The second-order valence-corrected chi connectivity index (χ2v) is 8.15. The van der Waals surface area contributed by atoms with E-state index in [0.717, 1.165) is 31.2 Å². The van der Waals surface area contributed by atoms with Gasteiger partial charge in [-0.05, 0) is 37.9 Å². The van der Waals surface area contributed by atoms with Gasteiger partial charge in [0, 0.05) is 34.1 Å². The van der Waals surface area contributed by atoms with Crippen molar-refractivity contribution in [1.82, 2.24) is 10.2 Å². The lowest BCUT2D eigenvalue weighted by Crippen LogP contribution is -2.44. The highest BCUT2D eigenvalue weighted by Crippen LogP contribution is 2.36. The maximum atomic E-state index is 6.65. The molecule has 0 aliphatic carbocycles. The lowest BCUT2D eigenvalue weighted by molar-refractivity contribution is 0.139. The Kier molecular flexibility index (Phi) is 5.40. The van der Waals surface area contributed by atoms with Crippen LogP contribution in [0.2, 0.25) is 5.02 Å². The van der Waals surface area contributed by atoms with Crippen LogP contribution in [0.5, 0.6) is 0 Å². The molecule has 0 amide bonds. The highest BCUT2D eigenvalue weighted by atomic mass is 35.5. The van der Waals surface area contributed by atoms with E-state index in [4.69, 9.17) is 11.6 Å². The molecule has 2 nitrogen and oxygen atoms in total. The zero-order chi connectivity index (χ0) is 15.5. The Hall–Kier alpha value is -0.610. The Morgan fingerprint density at radius 2 is 2.00 bits per heavy atom. The largest absolute Gasteiger partial charge is 0.317 e. The summed E-state index contributed by atoms with van der Waals surface area (Å²) in [6, 6.07) is 9.16. The maximum absolute atomic E-state index is 6.65. The molecule has 1 aromatic heterocycles. The summed E-state index contributed by atoms with van der Waals surface area (Å²) >= 11 is 8.50. The Bertz CT molecular complexity index is 617. The van der Waals surface area contributed by atoms with Gasteiger partial charge in [-0.1, -0.05) is 43.6 Å². The van der Waals surface area contributed by atoms with E-state index in [-0.39, 0.29) is 0 Å². The summed E-state index contributed by atoms with van der Waals surface area (Å²) in [6.45, 7) is 9.02. The summed E-state index contributed by atoms with van der Waals surface area (Å²) in [6.07, 6.45) is 2.49. The zero-order valence-electron chi connectivity index (χ0n) is 13.4. The van der Waals surface area contributed by atoms with Gasteiger partial charge in [-0.3, -0.25) is 4.90 Å². The van der Waals surface area contributed by atoms with Crippen LogP contribution in [0.4, 0.5) is 0 Å². The van der Waals surface area contributed by atoms with E-state index in [9.17, 15) is 0 Å². The molecule has 0 radical (unpaired) electrons. The van der Waals surface area contributed by atoms with Crippen LogP contribution >= 0.6 is 22.9 Å². The fraction of sp³-hybridized carbons (Fsp3) is 0.556. The van der Waals surface area contributed by atoms with E-state index in [0.29, 0.717) is 12.0 Å². The van der Waals surface area contributed by atoms with Gasteiger partial charge in [-0.15, -0.1) is 11.3 Å². The normalized spacial score (nSPS) is 17.0. The molecule has 1 N–H and O–H groups in total. The monoisotopic (exact) mass is 336 g/mol.